The van der Waals surface area contributed by atoms with Gasteiger partial charge in [0, 0.05) is 41.7 Å². The number of nitrogens with one attached hydrogen (secondary N) is 1. The molecule has 0 spiro atoms. The van der Waals surface area contributed by atoms with Crippen molar-refractivity contribution in [3.05, 3.63) is 36.0 Å². The molecule has 1 N–H and O–H groups in total. The fraction of sp³-hybridized carbons (Fsp3) is 0.500. The molecule has 4 rings (SSSR count). The van der Waals surface area contributed by atoms with Gasteiger partial charge in [0.25, 0.3) is 0 Å². The van der Waals surface area contributed by atoms with Gasteiger partial charge in [-0.2, -0.15) is 0 Å². The fourth-order valence-corrected chi connectivity index (χ4v) is 4.43. The van der Waals surface area contributed by atoms with Gasteiger partial charge in [0.2, 0.25) is 11.8 Å². The molecule has 1 aromatic heterocycles. The lowest BCUT2D eigenvalue weighted by molar-refractivity contribution is -0.141. The Morgan fingerprint density at radius 3 is 2.48 bits per heavy atom. The van der Waals surface area contributed by atoms with E-state index < -0.39 is 0 Å². The van der Waals surface area contributed by atoms with Crippen molar-refractivity contribution in [1.29, 1.82) is 0 Å². The van der Waals surface area contributed by atoms with E-state index in [2.05, 4.69) is 36.5 Å². The first-order valence-corrected chi connectivity index (χ1v) is 10.2. The minimum absolute atomic E-state index is 0.0146. The monoisotopic (exact) mass is 365 g/mol. The Balaban J connectivity index is 1.47. The molecule has 1 aliphatic heterocycles. The van der Waals surface area contributed by atoms with Gasteiger partial charge in [0.1, 0.15) is 0 Å². The maximum absolute atomic E-state index is 12.0. The average molecular weight is 365 g/mol. The van der Waals surface area contributed by atoms with Gasteiger partial charge in [-0.1, -0.05) is 31.5 Å². The first-order valence-electron chi connectivity index (χ1n) is 10.2. The molecule has 0 bridgehead atoms. The van der Waals surface area contributed by atoms with Crippen LogP contribution in [0.5, 0.6) is 0 Å². The van der Waals surface area contributed by atoms with Gasteiger partial charge in [0.15, 0.2) is 0 Å². The molecule has 0 unspecified atom stereocenters. The number of imide groups is 1. The van der Waals surface area contributed by atoms with E-state index in [1.54, 1.807) is 0 Å². The van der Waals surface area contributed by atoms with Crippen LogP contribution < -0.4 is 5.32 Å². The van der Waals surface area contributed by atoms with E-state index in [1.807, 2.05) is 6.07 Å². The first kappa shape index (κ1) is 18.0. The summed E-state index contributed by atoms with van der Waals surface area (Å²) < 4.78 is 0. The molecule has 2 amide bonds. The Hall–Kier alpha value is -2.43. The van der Waals surface area contributed by atoms with Crippen LogP contribution in [-0.2, 0) is 16.0 Å². The van der Waals surface area contributed by atoms with Gasteiger partial charge >= 0.3 is 0 Å². The predicted molar refractivity (Wildman–Crippen MR) is 106 cm³/mol. The summed E-state index contributed by atoms with van der Waals surface area (Å²) in [5, 5.41) is 4.88. The molecule has 142 valence electrons. The van der Waals surface area contributed by atoms with Crippen LogP contribution in [0, 0.1) is 0 Å². The van der Waals surface area contributed by atoms with Crippen LogP contribution >= 0.6 is 0 Å². The number of para-hydroxylation sites is 1. The maximum atomic E-state index is 12.0. The number of carbonyl (C=O) groups is 2. The van der Waals surface area contributed by atoms with Crippen LogP contribution in [0.2, 0.25) is 0 Å². The number of benzene rings is 1. The molecule has 0 radical (unpaired) electrons. The molecular weight excluding hydrogens is 338 g/mol. The topological polar surface area (TPSA) is 62.3 Å². The number of likely N-dealkylation sites (tertiary alicyclic amines) is 1. The Morgan fingerprint density at radius 1 is 1.07 bits per heavy atom. The number of carbonyl (C=O) groups excluding carboxylic acids is 2. The molecule has 2 heterocycles. The van der Waals surface area contributed by atoms with Gasteiger partial charge in [-0.05, 0) is 44.2 Å². The van der Waals surface area contributed by atoms with E-state index in [0.717, 1.165) is 60.8 Å². The summed E-state index contributed by atoms with van der Waals surface area (Å²) in [5.74, 6) is 0.0292. The van der Waals surface area contributed by atoms with E-state index in [0.29, 0.717) is 18.9 Å². The van der Waals surface area contributed by atoms with Crippen molar-refractivity contribution in [3.8, 4) is 0 Å². The van der Waals surface area contributed by atoms with Crippen molar-refractivity contribution < 1.29 is 9.59 Å². The van der Waals surface area contributed by atoms with E-state index in [9.17, 15) is 9.59 Å². The normalized spacial score (nSPS) is 23.2. The van der Waals surface area contributed by atoms with Gasteiger partial charge in [0.05, 0.1) is 5.52 Å². The third-order valence-electron chi connectivity index (χ3n) is 5.79. The Bertz CT molecular complexity index is 840. The van der Waals surface area contributed by atoms with Crippen molar-refractivity contribution >= 4 is 28.4 Å². The molecule has 0 atom stereocenters. The minimum atomic E-state index is 0.0146. The van der Waals surface area contributed by atoms with Gasteiger partial charge < -0.3 is 5.32 Å². The summed E-state index contributed by atoms with van der Waals surface area (Å²) in [5.41, 5.74) is 3.31. The van der Waals surface area contributed by atoms with Crippen molar-refractivity contribution in [2.45, 2.75) is 70.4 Å². The highest BCUT2D eigenvalue weighted by molar-refractivity contribution is 6.02. The zero-order valence-corrected chi connectivity index (χ0v) is 15.9. The molecule has 5 heteroatoms. The van der Waals surface area contributed by atoms with E-state index >= 15 is 0 Å². The van der Waals surface area contributed by atoms with E-state index in [4.69, 9.17) is 4.98 Å². The number of nitrogens with zero attached hydrogens (tertiary/aromatic N) is 2. The second-order valence-corrected chi connectivity index (χ2v) is 7.74. The fourth-order valence-electron chi connectivity index (χ4n) is 4.43. The standard InChI is InChI=1S/C22H27N3O2/c1-2-5-16-14-20(18-6-3-4-7-19(18)24-16)23-15-8-10-17(11-9-15)25-21(26)12-13-22(25)27/h3-4,6-7,14-15,17H,2,5,8-13H2,1H3,(H,23,24). The first-order chi connectivity index (χ1) is 13.2. The highest BCUT2D eigenvalue weighted by Gasteiger charge is 2.36. The summed E-state index contributed by atoms with van der Waals surface area (Å²) in [6.45, 7) is 2.17. The molecule has 27 heavy (non-hydrogen) atoms. The predicted octanol–water partition coefficient (Wildman–Crippen LogP) is 4.06. The third-order valence-corrected chi connectivity index (χ3v) is 5.79. The highest BCUT2D eigenvalue weighted by Crippen LogP contribution is 2.31. The number of aryl methyl sites for hydroxylation is 1. The quantitative estimate of drug-likeness (QED) is 0.812. The van der Waals surface area contributed by atoms with E-state index in [-0.39, 0.29) is 17.9 Å². The van der Waals surface area contributed by atoms with Crippen molar-refractivity contribution in [2.24, 2.45) is 0 Å². The molecule has 1 aromatic carbocycles. The summed E-state index contributed by atoms with van der Waals surface area (Å²) >= 11 is 0. The Labute approximate surface area is 160 Å². The van der Waals surface area contributed by atoms with Crippen molar-refractivity contribution in [1.82, 2.24) is 9.88 Å². The molecule has 1 saturated carbocycles. The number of hydrogen-bond acceptors (Lipinski definition) is 4. The number of amides is 2. The van der Waals surface area contributed by atoms with E-state index in [1.165, 1.54) is 4.90 Å². The number of hydrogen-bond donors (Lipinski definition) is 1. The number of aromatic nitrogens is 1. The molecule has 1 saturated heterocycles. The van der Waals surface area contributed by atoms with Crippen LogP contribution in [-0.4, -0.2) is 33.8 Å². The number of fused-ring (bicyclic) bond motifs is 1. The zero-order valence-electron chi connectivity index (χ0n) is 15.9. The smallest absolute Gasteiger partial charge is 0.229 e. The molecule has 5 nitrogen and oxygen atoms in total. The second-order valence-electron chi connectivity index (χ2n) is 7.74. The lowest BCUT2D eigenvalue weighted by atomic mass is 9.90. The molecule has 2 aromatic rings. The Morgan fingerprint density at radius 2 is 1.78 bits per heavy atom. The van der Waals surface area contributed by atoms with Crippen LogP contribution in [0.1, 0.15) is 57.6 Å². The average Bonchev–Trinajstić information content (AvgIpc) is 3.01. The van der Waals surface area contributed by atoms with Crippen LogP contribution in [0.25, 0.3) is 10.9 Å². The SMILES string of the molecule is CCCc1cc(NC2CCC(N3C(=O)CCC3=O)CC2)c2ccccc2n1. The molecule has 2 fully saturated rings. The largest absolute Gasteiger partial charge is 0.382 e. The van der Waals surface area contributed by atoms with Gasteiger partial charge in [-0.15, -0.1) is 0 Å². The number of pyridine rings is 1. The zero-order chi connectivity index (χ0) is 18.8. The third kappa shape index (κ3) is 3.68. The number of rotatable bonds is 5. The highest BCUT2D eigenvalue weighted by atomic mass is 16.2. The lowest BCUT2D eigenvalue weighted by Crippen LogP contribution is -2.43. The second kappa shape index (κ2) is 7.67. The van der Waals surface area contributed by atoms with Crippen LogP contribution in [0.15, 0.2) is 30.3 Å². The minimum Gasteiger partial charge on any atom is -0.382 e. The van der Waals surface area contributed by atoms with Crippen LogP contribution in [0.4, 0.5) is 5.69 Å². The maximum Gasteiger partial charge on any atom is 0.229 e. The molecular formula is C22H27N3O2. The van der Waals surface area contributed by atoms with Crippen molar-refractivity contribution in [2.75, 3.05) is 5.32 Å². The van der Waals surface area contributed by atoms with Gasteiger partial charge in [-0.25, -0.2) is 0 Å². The van der Waals surface area contributed by atoms with Crippen molar-refractivity contribution in [3.63, 3.8) is 0 Å². The van der Waals surface area contributed by atoms with Crippen LogP contribution in [0.3, 0.4) is 0 Å². The summed E-state index contributed by atoms with van der Waals surface area (Å²) in [6, 6.07) is 10.9. The number of anilines is 1. The summed E-state index contributed by atoms with van der Waals surface area (Å²) in [6.07, 6.45) is 6.56. The van der Waals surface area contributed by atoms with Gasteiger partial charge in [-0.3, -0.25) is 19.5 Å². The Kier molecular flexibility index (Phi) is 5.10. The lowest BCUT2D eigenvalue weighted by Gasteiger charge is -2.34. The summed E-state index contributed by atoms with van der Waals surface area (Å²) in [7, 11) is 0. The molecule has 1 aliphatic carbocycles. The molecule has 2 aliphatic rings. The summed E-state index contributed by atoms with van der Waals surface area (Å²) in [4.78, 5) is 30.3.